The molecule has 1 spiro atoms. The number of imide groups is 1. The minimum absolute atomic E-state index is 0.122. The third-order valence-electron chi connectivity index (χ3n) is 7.53. The summed E-state index contributed by atoms with van der Waals surface area (Å²) in [6.45, 7) is 3.81. The number of hydrogen-bond acceptors (Lipinski definition) is 5. The highest BCUT2D eigenvalue weighted by Crippen LogP contribution is 2.38. The highest BCUT2D eigenvalue weighted by Gasteiger charge is 2.55. The van der Waals surface area contributed by atoms with Crippen LogP contribution in [0.5, 0.6) is 0 Å². The molecule has 0 radical (unpaired) electrons. The SMILES string of the molecule is C[C@@H]1CCCC[C@]12NC(=O)N(CN1CCN(S(=O)(=O)c3ccc4ccccc4c3)CC1)C2=O. The maximum absolute atomic E-state index is 13.2. The Labute approximate surface area is 194 Å². The molecule has 33 heavy (non-hydrogen) atoms. The summed E-state index contributed by atoms with van der Waals surface area (Å²) < 4.78 is 27.9. The van der Waals surface area contributed by atoms with Crippen LogP contribution in [0.4, 0.5) is 4.79 Å². The summed E-state index contributed by atoms with van der Waals surface area (Å²) in [7, 11) is -3.61. The number of fused-ring (bicyclic) bond motifs is 1. The number of amides is 3. The first kappa shape index (κ1) is 22.3. The number of sulfonamides is 1. The Balaban J connectivity index is 1.24. The monoisotopic (exact) mass is 470 g/mol. The second kappa shape index (κ2) is 8.38. The minimum Gasteiger partial charge on any atom is -0.323 e. The number of urea groups is 1. The molecule has 1 aliphatic carbocycles. The van der Waals surface area contributed by atoms with Crippen molar-refractivity contribution in [2.24, 2.45) is 5.92 Å². The van der Waals surface area contributed by atoms with Crippen LogP contribution in [0.1, 0.15) is 32.6 Å². The summed E-state index contributed by atoms with van der Waals surface area (Å²) in [5.74, 6) is -0.0115. The Kier molecular flexibility index (Phi) is 5.66. The van der Waals surface area contributed by atoms with Crippen molar-refractivity contribution in [2.75, 3.05) is 32.8 Å². The predicted octanol–water partition coefficient (Wildman–Crippen LogP) is 2.60. The van der Waals surface area contributed by atoms with Gasteiger partial charge >= 0.3 is 6.03 Å². The van der Waals surface area contributed by atoms with Crippen LogP contribution in [-0.4, -0.2) is 72.8 Å². The van der Waals surface area contributed by atoms with Crippen LogP contribution < -0.4 is 5.32 Å². The van der Waals surface area contributed by atoms with Crippen LogP contribution in [-0.2, 0) is 14.8 Å². The summed E-state index contributed by atoms with van der Waals surface area (Å²) in [6.07, 6.45) is 3.65. The van der Waals surface area contributed by atoms with E-state index in [4.69, 9.17) is 0 Å². The number of carbonyl (C=O) groups is 2. The molecule has 3 aliphatic rings. The number of rotatable bonds is 4. The van der Waals surface area contributed by atoms with Gasteiger partial charge in [0.2, 0.25) is 10.0 Å². The van der Waals surface area contributed by atoms with Gasteiger partial charge in [-0.3, -0.25) is 9.69 Å². The molecule has 2 aromatic carbocycles. The predicted molar refractivity (Wildman–Crippen MR) is 125 cm³/mol. The lowest BCUT2D eigenvalue weighted by Crippen LogP contribution is -2.55. The normalized spacial score (nSPS) is 27.4. The van der Waals surface area contributed by atoms with E-state index >= 15 is 0 Å². The lowest BCUT2D eigenvalue weighted by molar-refractivity contribution is -0.135. The quantitative estimate of drug-likeness (QED) is 0.694. The summed E-state index contributed by atoms with van der Waals surface area (Å²) in [5, 5.41) is 4.87. The summed E-state index contributed by atoms with van der Waals surface area (Å²) in [6, 6.07) is 12.6. The average molecular weight is 471 g/mol. The van der Waals surface area contributed by atoms with E-state index in [1.54, 1.807) is 12.1 Å². The van der Waals surface area contributed by atoms with Crippen molar-refractivity contribution in [1.29, 1.82) is 0 Å². The molecule has 2 saturated heterocycles. The molecule has 176 valence electrons. The molecule has 5 rings (SSSR count). The molecule has 0 aromatic heterocycles. The van der Waals surface area contributed by atoms with Crippen LogP contribution in [0.15, 0.2) is 47.4 Å². The topological polar surface area (TPSA) is 90.0 Å². The average Bonchev–Trinajstić information content (AvgIpc) is 3.06. The van der Waals surface area contributed by atoms with E-state index in [0.29, 0.717) is 32.6 Å². The molecule has 1 N–H and O–H groups in total. The molecule has 2 heterocycles. The molecule has 8 nitrogen and oxygen atoms in total. The van der Waals surface area contributed by atoms with Gasteiger partial charge in [0.05, 0.1) is 11.6 Å². The van der Waals surface area contributed by atoms with Gasteiger partial charge < -0.3 is 5.32 Å². The maximum Gasteiger partial charge on any atom is 0.326 e. The third kappa shape index (κ3) is 3.82. The van der Waals surface area contributed by atoms with Gasteiger partial charge in [0.15, 0.2) is 0 Å². The fourth-order valence-electron chi connectivity index (χ4n) is 5.41. The van der Waals surface area contributed by atoms with Crippen LogP contribution >= 0.6 is 0 Å². The smallest absolute Gasteiger partial charge is 0.323 e. The lowest BCUT2D eigenvalue weighted by Gasteiger charge is -2.38. The van der Waals surface area contributed by atoms with Crippen molar-refractivity contribution in [2.45, 2.75) is 43.0 Å². The van der Waals surface area contributed by atoms with Gasteiger partial charge in [-0.05, 0) is 41.7 Å². The van der Waals surface area contributed by atoms with Crippen molar-refractivity contribution >= 4 is 32.7 Å². The van der Waals surface area contributed by atoms with Gasteiger partial charge in [-0.15, -0.1) is 0 Å². The Morgan fingerprint density at radius 1 is 1.00 bits per heavy atom. The van der Waals surface area contributed by atoms with Gasteiger partial charge in [0.1, 0.15) is 5.54 Å². The Morgan fingerprint density at radius 3 is 2.45 bits per heavy atom. The number of nitrogens with one attached hydrogen (secondary N) is 1. The molecule has 0 bridgehead atoms. The Hall–Kier alpha value is -2.49. The molecule has 1 saturated carbocycles. The lowest BCUT2D eigenvalue weighted by atomic mass is 9.73. The van der Waals surface area contributed by atoms with Crippen molar-refractivity contribution < 1.29 is 18.0 Å². The number of carbonyl (C=O) groups excluding carboxylic acids is 2. The first-order valence-corrected chi connectivity index (χ1v) is 13.1. The summed E-state index contributed by atoms with van der Waals surface area (Å²) >= 11 is 0. The van der Waals surface area contributed by atoms with Crippen LogP contribution in [0.2, 0.25) is 0 Å². The van der Waals surface area contributed by atoms with E-state index in [2.05, 4.69) is 5.32 Å². The second-order valence-corrected chi connectivity index (χ2v) is 11.4. The first-order chi connectivity index (χ1) is 15.8. The largest absolute Gasteiger partial charge is 0.326 e. The van der Waals surface area contributed by atoms with E-state index in [1.165, 1.54) is 9.21 Å². The van der Waals surface area contributed by atoms with Gasteiger partial charge in [0, 0.05) is 26.2 Å². The van der Waals surface area contributed by atoms with Crippen molar-refractivity contribution in [3.8, 4) is 0 Å². The molecular formula is C24H30N4O4S. The zero-order valence-electron chi connectivity index (χ0n) is 18.9. The third-order valence-corrected chi connectivity index (χ3v) is 9.43. The molecule has 3 fully saturated rings. The van der Waals surface area contributed by atoms with E-state index in [1.807, 2.05) is 42.2 Å². The van der Waals surface area contributed by atoms with Gasteiger partial charge in [0.25, 0.3) is 5.91 Å². The molecule has 2 aliphatic heterocycles. The van der Waals surface area contributed by atoms with Crippen LogP contribution in [0, 0.1) is 5.92 Å². The highest BCUT2D eigenvalue weighted by atomic mass is 32.2. The first-order valence-electron chi connectivity index (χ1n) is 11.7. The molecule has 2 aromatic rings. The number of benzene rings is 2. The summed E-state index contributed by atoms with van der Waals surface area (Å²) in [4.78, 5) is 29.4. The minimum atomic E-state index is -3.61. The fraction of sp³-hybridized carbons (Fsp3) is 0.500. The fourth-order valence-corrected chi connectivity index (χ4v) is 6.87. The van der Waals surface area contributed by atoms with E-state index < -0.39 is 15.6 Å². The van der Waals surface area contributed by atoms with Gasteiger partial charge in [-0.2, -0.15) is 4.31 Å². The molecular weight excluding hydrogens is 440 g/mol. The number of piperazine rings is 1. The van der Waals surface area contributed by atoms with E-state index in [-0.39, 0.29) is 29.4 Å². The van der Waals surface area contributed by atoms with Gasteiger partial charge in [-0.25, -0.2) is 18.1 Å². The van der Waals surface area contributed by atoms with Crippen molar-refractivity contribution in [3.05, 3.63) is 42.5 Å². The van der Waals surface area contributed by atoms with Gasteiger partial charge in [-0.1, -0.05) is 50.1 Å². The molecule has 0 unspecified atom stereocenters. The maximum atomic E-state index is 13.2. The molecule has 2 atom stereocenters. The Morgan fingerprint density at radius 2 is 1.73 bits per heavy atom. The zero-order chi connectivity index (χ0) is 23.2. The van der Waals surface area contributed by atoms with E-state index in [9.17, 15) is 18.0 Å². The molecule has 3 amide bonds. The Bertz CT molecular complexity index is 1190. The number of nitrogens with zero attached hydrogens (tertiary/aromatic N) is 3. The van der Waals surface area contributed by atoms with Crippen LogP contribution in [0.25, 0.3) is 10.8 Å². The van der Waals surface area contributed by atoms with E-state index in [0.717, 1.165) is 30.0 Å². The molecule has 9 heteroatoms. The zero-order valence-corrected chi connectivity index (χ0v) is 19.7. The van der Waals surface area contributed by atoms with Crippen molar-refractivity contribution in [3.63, 3.8) is 0 Å². The number of hydrogen-bond donors (Lipinski definition) is 1. The second-order valence-electron chi connectivity index (χ2n) is 9.45. The van der Waals surface area contributed by atoms with Crippen molar-refractivity contribution in [1.82, 2.24) is 19.4 Å². The standard InChI is InChI=1S/C24H30N4O4S/c1-18-6-4-5-11-24(18)22(29)28(23(30)25-24)17-26-12-14-27(15-13-26)33(31,32)21-10-9-19-7-2-3-8-20(19)16-21/h2-3,7-10,16,18H,4-6,11-15,17H2,1H3,(H,25,30)/t18-,24+/m1/s1. The highest BCUT2D eigenvalue weighted by molar-refractivity contribution is 7.89. The summed E-state index contributed by atoms with van der Waals surface area (Å²) in [5.41, 5.74) is -0.767. The van der Waals surface area contributed by atoms with Crippen LogP contribution in [0.3, 0.4) is 0 Å².